The van der Waals surface area contributed by atoms with E-state index in [0.29, 0.717) is 12.1 Å². The molecule has 1 unspecified atom stereocenters. The first-order valence-electron chi connectivity index (χ1n) is 10.5. The van der Waals surface area contributed by atoms with Crippen LogP contribution in [0.15, 0.2) is 83.8 Å². The van der Waals surface area contributed by atoms with Gasteiger partial charge in [-0.05, 0) is 54.8 Å². The molecule has 4 rings (SSSR count). The zero-order valence-electron chi connectivity index (χ0n) is 17.7. The van der Waals surface area contributed by atoms with Crippen LogP contribution in [0.5, 0.6) is 0 Å². The third-order valence-electron chi connectivity index (χ3n) is 5.72. The Morgan fingerprint density at radius 3 is 2.29 bits per heavy atom. The van der Waals surface area contributed by atoms with Gasteiger partial charge in [0, 0.05) is 30.4 Å². The van der Waals surface area contributed by atoms with Crippen LogP contribution in [0.1, 0.15) is 35.3 Å². The summed E-state index contributed by atoms with van der Waals surface area (Å²) in [5.41, 5.74) is 3.59. The van der Waals surface area contributed by atoms with Crippen molar-refractivity contribution < 1.29 is 13.2 Å². The molecule has 0 N–H and O–H groups in total. The van der Waals surface area contributed by atoms with E-state index in [1.165, 1.54) is 9.87 Å². The van der Waals surface area contributed by atoms with Gasteiger partial charge in [0.2, 0.25) is 10.0 Å². The second-order valence-electron chi connectivity index (χ2n) is 7.80. The van der Waals surface area contributed by atoms with Crippen LogP contribution < -0.4 is 4.90 Å². The molecule has 6 heteroatoms. The zero-order valence-corrected chi connectivity index (χ0v) is 18.5. The van der Waals surface area contributed by atoms with Crippen molar-refractivity contribution in [2.24, 2.45) is 0 Å². The molecule has 1 amide bonds. The van der Waals surface area contributed by atoms with Gasteiger partial charge in [-0.3, -0.25) is 4.79 Å². The van der Waals surface area contributed by atoms with Gasteiger partial charge in [-0.2, -0.15) is 4.31 Å². The molecule has 0 aromatic heterocycles. The standard InChI is InChI=1S/C25H26N2O3S/c1-3-26(31(29,30)23-10-5-4-6-11-23)18-20-13-15-21(16-14-20)25(28)27-19(2)17-22-9-7-8-12-24(22)27/h4-16,19H,3,17-18H2,1-2H3. The van der Waals surface area contributed by atoms with E-state index in [4.69, 9.17) is 0 Å². The molecule has 1 heterocycles. The van der Waals surface area contributed by atoms with E-state index in [0.717, 1.165) is 17.7 Å². The Morgan fingerprint density at radius 1 is 0.968 bits per heavy atom. The molecule has 0 radical (unpaired) electrons. The van der Waals surface area contributed by atoms with Crippen molar-refractivity contribution in [2.45, 2.75) is 37.8 Å². The van der Waals surface area contributed by atoms with Crippen LogP contribution in [0.25, 0.3) is 0 Å². The first kappa shape index (κ1) is 21.3. The van der Waals surface area contributed by atoms with Crippen LogP contribution in [0.4, 0.5) is 5.69 Å². The van der Waals surface area contributed by atoms with Crippen molar-refractivity contribution in [3.8, 4) is 0 Å². The highest BCUT2D eigenvalue weighted by atomic mass is 32.2. The van der Waals surface area contributed by atoms with Crippen LogP contribution in [0.3, 0.4) is 0 Å². The van der Waals surface area contributed by atoms with Gasteiger partial charge in [0.05, 0.1) is 4.90 Å². The fourth-order valence-corrected chi connectivity index (χ4v) is 5.54. The van der Waals surface area contributed by atoms with E-state index in [-0.39, 0.29) is 23.4 Å². The lowest BCUT2D eigenvalue weighted by atomic mass is 10.1. The molecule has 0 bridgehead atoms. The number of amides is 1. The van der Waals surface area contributed by atoms with Gasteiger partial charge in [0.15, 0.2) is 0 Å². The van der Waals surface area contributed by atoms with E-state index < -0.39 is 10.0 Å². The lowest BCUT2D eigenvalue weighted by molar-refractivity contribution is 0.0981. The maximum Gasteiger partial charge on any atom is 0.258 e. The Morgan fingerprint density at radius 2 is 1.61 bits per heavy atom. The van der Waals surface area contributed by atoms with Gasteiger partial charge < -0.3 is 4.90 Å². The lowest BCUT2D eigenvalue weighted by Gasteiger charge is -2.23. The average Bonchev–Trinajstić information content (AvgIpc) is 3.13. The SMILES string of the molecule is CCN(Cc1ccc(C(=O)N2c3ccccc3CC2C)cc1)S(=O)(=O)c1ccccc1. The molecule has 0 saturated carbocycles. The van der Waals surface area contributed by atoms with Crippen LogP contribution in [-0.4, -0.2) is 31.2 Å². The van der Waals surface area contributed by atoms with Crippen molar-refractivity contribution in [3.05, 3.63) is 95.6 Å². The minimum absolute atomic E-state index is 0.0340. The molecule has 0 fully saturated rings. The molecule has 1 aliphatic heterocycles. The van der Waals surface area contributed by atoms with Crippen LogP contribution >= 0.6 is 0 Å². The number of nitrogens with zero attached hydrogens (tertiary/aromatic N) is 2. The molecule has 3 aromatic rings. The maximum atomic E-state index is 13.2. The number of hydrogen-bond donors (Lipinski definition) is 0. The summed E-state index contributed by atoms with van der Waals surface area (Å²) in [5, 5.41) is 0. The predicted octanol–water partition coefficient (Wildman–Crippen LogP) is 4.49. The molecule has 0 saturated heterocycles. The lowest BCUT2D eigenvalue weighted by Crippen LogP contribution is -2.35. The smallest absolute Gasteiger partial charge is 0.258 e. The van der Waals surface area contributed by atoms with Crippen LogP contribution in [-0.2, 0) is 23.0 Å². The first-order valence-corrected chi connectivity index (χ1v) is 11.9. The minimum atomic E-state index is -3.57. The fourth-order valence-electron chi connectivity index (χ4n) is 4.08. The summed E-state index contributed by atoms with van der Waals surface area (Å²) in [5.74, 6) is -0.0340. The van der Waals surface area contributed by atoms with Crippen LogP contribution in [0, 0.1) is 0 Å². The normalized spacial score (nSPS) is 15.8. The molecule has 31 heavy (non-hydrogen) atoms. The van der Waals surface area contributed by atoms with Crippen molar-refractivity contribution in [3.63, 3.8) is 0 Å². The summed E-state index contributed by atoms with van der Waals surface area (Å²) in [7, 11) is -3.57. The van der Waals surface area contributed by atoms with Crippen molar-refractivity contribution >= 4 is 21.6 Å². The van der Waals surface area contributed by atoms with Crippen LogP contribution in [0.2, 0.25) is 0 Å². The van der Waals surface area contributed by atoms with Gasteiger partial charge in [-0.15, -0.1) is 0 Å². The number of fused-ring (bicyclic) bond motifs is 1. The number of benzene rings is 3. The Balaban J connectivity index is 1.53. The number of carbonyl (C=O) groups is 1. The molecule has 1 atom stereocenters. The monoisotopic (exact) mass is 434 g/mol. The third-order valence-corrected chi connectivity index (χ3v) is 7.65. The van der Waals surface area contributed by atoms with Crippen molar-refractivity contribution in [1.82, 2.24) is 4.31 Å². The largest absolute Gasteiger partial charge is 0.305 e. The summed E-state index contributed by atoms with van der Waals surface area (Å²) < 4.78 is 27.3. The van der Waals surface area contributed by atoms with Gasteiger partial charge in [0.25, 0.3) is 5.91 Å². The number of rotatable bonds is 6. The number of sulfonamides is 1. The van der Waals surface area contributed by atoms with E-state index in [1.54, 1.807) is 42.5 Å². The van der Waals surface area contributed by atoms with E-state index in [2.05, 4.69) is 13.0 Å². The molecule has 160 valence electrons. The fraction of sp³-hybridized carbons (Fsp3) is 0.240. The maximum absolute atomic E-state index is 13.2. The quantitative estimate of drug-likeness (QED) is 0.574. The molecule has 3 aromatic carbocycles. The van der Waals surface area contributed by atoms with Gasteiger partial charge in [-0.25, -0.2) is 8.42 Å². The Bertz CT molecular complexity index is 1170. The Hall–Kier alpha value is -2.96. The van der Waals surface area contributed by atoms with E-state index in [1.807, 2.05) is 42.2 Å². The second-order valence-corrected chi connectivity index (χ2v) is 9.74. The molecule has 1 aliphatic rings. The number of hydrogen-bond acceptors (Lipinski definition) is 3. The minimum Gasteiger partial charge on any atom is -0.305 e. The highest BCUT2D eigenvalue weighted by molar-refractivity contribution is 7.89. The summed E-state index contributed by atoms with van der Waals surface area (Å²) >= 11 is 0. The average molecular weight is 435 g/mol. The van der Waals surface area contributed by atoms with E-state index >= 15 is 0 Å². The third kappa shape index (κ3) is 4.13. The topological polar surface area (TPSA) is 57.7 Å². The second kappa shape index (κ2) is 8.65. The summed E-state index contributed by atoms with van der Waals surface area (Å²) in [4.78, 5) is 15.3. The number of carbonyl (C=O) groups excluding carboxylic acids is 1. The molecule has 5 nitrogen and oxygen atoms in total. The predicted molar refractivity (Wildman–Crippen MR) is 123 cm³/mol. The number of para-hydroxylation sites is 1. The Labute approximate surface area is 184 Å². The van der Waals surface area contributed by atoms with Crippen molar-refractivity contribution in [1.29, 1.82) is 0 Å². The van der Waals surface area contributed by atoms with Gasteiger partial charge in [-0.1, -0.05) is 55.5 Å². The molecule has 0 spiro atoms. The summed E-state index contributed by atoms with van der Waals surface area (Å²) in [6.45, 7) is 4.50. The Kier molecular flexibility index (Phi) is 5.94. The molecular formula is C25H26N2O3S. The molecular weight excluding hydrogens is 408 g/mol. The van der Waals surface area contributed by atoms with E-state index in [9.17, 15) is 13.2 Å². The zero-order chi connectivity index (χ0) is 22.0. The number of anilines is 1. The molecule has 0 aliphatic carbocycles. The first-order chi connectivity index (χ1) is 14.9. The van der Waals surface area contributed by atoms with Gasteiger partial charge in [0.1, 0.15) is 0 Å². The highest BCUT2D eigenvalue weighted by Crippen LogP contribution is 2.33. The summed E-state index contributed by atoms with van der Waals surface area (Å²) in [6.07, 6.45) is 0.850. The van der Waals surface area contributed by atoms with Gasteiger partial charge >= 0.3 is 0 Å². The summed E-state index contributed by atoms with van der Waals surface area (Å²) in [6, 6.07) is 23.8. The van der Waals surface area contributed by atoms with Crippen molar-refractivity contribution in [2.75, 3.05) is 11.4 Å². The highest BCUT2D eigenvalue weighted by Gasteiger charge is 2.31.